The first kappa shape index (κ1) is 20.7. The highest BCUT2D eigenvalue weighted by atomic mass is 32.2. The molecule has 29 heavy (non-hydrogen) atoms. The molecule has 4 rings (SSSR count). The van der Waals surface area contributed by atoms with E-state index < -0.39 is 10.2 Å². The summed E-state index contributed by atoms with van der Waals surface area (Å²) in [7, 11) is -0.534. The van der Waals surface area contributed by atoms with Gasteiger partial charge in [-0.05, 0) is 37.4 Å². The highest BCUT2D eigenvalue weighted by Gasteiger charge is 2.32. The van der Waals surface area contributed by atoms with E-state index in [1.54, 1.807) is 11.3 Å². The molecule has 158 valence electrons. The van der Waals surface area contributed by atoms with Crippen molar-refractivity contribution in [3.8, 4) is 0 Å². The maximum Gasteiger partial charge on any atom is 0.281 e. The fourth-order valence-corrected chi connectivity index (χ4v) is 5.85. The van der Waals surface area contributed by atoms with Gasteiger partial charge in [-0.1, -0.05) is 6.07 Å². The number of nitrogens with zero attached hydrogens (tertiary/aromatic N) is 4. The van der Waals surface area contributed by atoms with Crippen LogP contribution in [0.2, 0.25) is 0 Å². The fraction of sp³-hybridized carbons (Fsp3) is 0.579. The Bertz CT molecular complexity index is 1010. The molecule has 1 fully saturated rings. The number of hydrogen-bond donors (Lipinski definition) is 1. The van der Waals surface area contributed by atoms with Gasteiger partial charge in [-0.2, -0.15) is 17.0 Å². The van der Waals surface area contributed by atoms with Gasteiger partial charge >= 0.3 is 0 Å². The summed E-state index contributed by atoms with van der Waals surface area (Å²) in [6.07, 6.45) is 2.40. The Kier molecular flexibility index (Phi) is 5.90. The average molecular weight is 438 g/mol. The zero-order chi connectivity index (χ0) is 20.6. The second-order valence-electron chi connectivity index (χ2n) is 7.88. The van der Waals surface area contributed by atoms with Crippen LogP contribution in [0.5, 0.6) is 0 Å². The Balaban J connectivity index is 1.45. The lowest BCUT2D eigenvalue weighted by Gasteiger charge is -2.32. The van der Waals surface area contributed by atoms with E-state index in [1.165, 1.54) is 27.6 Å². The zero-order valence-electron chi connectivity index (χ0n) is 16.8. The molecule has 0 amide bonds. The number of H-pyrrole nitrogens is 1. The van der Waals surface area contributed by atoms with Crippen molar-refractivity contribution in [2.24, 2.45) is 0 Å². The van der Waals surface area contributed by atoms with Crippen LogP contribution < -0.4 is 5.56 Å². The van der Waals surface area contributed by atoms with E-state index in [1.807, 2.05) is 0 Å². The molecule has 0 radical (unpaired) electrons. The van der Waals surface area contributed by atoms with E-state index in [0.717, 1.165) is 44.0 Å². The lowest BCUT2D eigenvalue weighted by molar-refractivity contribution is 0.203. The number of fused-ring (bicyclic) bond motifs is 1. The molecule has 8 nitrogen and oxygen atoms in total. The lowest BCUT2D eigenvalue weighted by Crippen LogP contribution is -2.45. The van der Waals surface area contributed by atoms with Gasteiger partial charge in [-0.15, -0.1) is 11.3 Å². The second-order valence-corrected chi connectivity index (χ2v) is 11.1. The van der Waals surface area contributed by atoms with Gasteiger partial charge in [-0.3, -0.25) is 9.69 Å². The molecule has 0 spiro atoms. The van der Waals surface area contributed by atoms with Crippen molar-refractivity contribution in [3.63, 3.8) is 0 Å². The molecule has 2 aromatic heterocycles. The highest BCUT2D eigenvalue weighted by Crippen LogP contribution is 2.28. The van der Waals surface area contributed by atoms with E-state index in [9.17, 15) is 13.2 Å². The van der Waals surface area contributed by atoms with Gasteiger partial charge in [0.2, 0.25) is 0 Å². The quantitative estimate of drug-likeness (QED) is 0.763. The molecule has 2 aliphatic rings. The topological polar surface area (TPSA) is 89.6 Å². The van der Waals surface area contributed by atoms with Crippen molar-refractivity contribution in [2.45, 2.75) is 38.3 Å². The number of aromatic amines is 1. The molecule has 0 atom stereocenters. The summed E-state index contributed by atoms with van der Waals surface area (Å²) in [5.74, 6) is 1.00. The summed E-state index contributed by atoms with van der Waals surface area (Å²) in [6.45, 7) is 3.38. The van der Waals surface area contributed by atoms with Gasteiger partial charge in [0, 0.05) is 50.9 Å². The first-order valence-electron chi connectivity index (χ1n) is 9.89. The van der Waals surface area contributed by atoms with Crippen LogP contribution in [0.1, 0.15) is 40.7 Å². The number of likely N-dealkylation sites (tertiary alicyclic amines) is 1. The number of aromatic nitrogens is 2. The Hall–Kier alpha value is -1.59. The molecule has 1 saturated heterocycles. The van der Waals surface area contributed by atoms with E-state index in [0.29, 0.717) is 18.5 Å². The summed E-state index contributed by atoms with van der Waals surface area (Å²) < 4.78 is 27.3. The maximum atomic E-state index is 12.7. The molecular weight excluding hydrogens is 410 g/mol. The number of thiophene rings is 1. The van der Waals surface area contributed by atoms with Crippen LogP contribution in [-0.2, 0) is 29.7 Å². The third-order valence-corrected chi connectivity index (χ3v) is 8.52. The average Bonchev–Trinajstić information content (AvgIpc) is 3.21. The van der Waals surface area contributed by atoms with Gasteiger partial charge in [0.05, 0.1) is 11.3 Å². The summed E-state index contributed by atoms with van der Waals surface area (Å²) in [4.78, 5) is 24.2. The van der Waals surface area contributed by atoms with Crippen molar-refractivity contribution in [3.05, 3.63) is 49.8 Å². The van der Waals surface area contributed by atoms with Gasteiger partial charge < -0.3 is 4.98 Å². The molecule has 4 heterocycles. The molecule has 2 aromatic rings. The summed E-state index contributed by atoms with van der Waals surface area (Å²) in [5.41, 5.74) is 1.01. The predicted molar refractivity (Wildman–Crippen MR) is 113 cm³/mol. The third-order valence-electron chi connectivity index (χ3n) is 5.77. The third kappa shape index (κ3) is 4.31. The van der Waals surface area contributed by atoms with Crippen LogP contribution in [0, 0.1) is 0 Å². The van der Waals surface area contributed by atoms with Gasteiger partial charge in [0.15, 0.2) is 0 Å². The van der Waals surface area contributed by atoms with Crippen LogP contribution in [0.4, 0.5) is 0 Å². The van der Waals surface area contributed by atoms with Crippen LogP contribution in [-0.4, -0.2) is 65.6 Å². The second kappa shape index (κ2) is 8.27. The summed E-state index contributed by atoms with van der Waals surface area (Å²) in [6, 6.07) is 4.25. The van der Waals surface area contributed by atoms with E-state index in [2.05, 4.69) is 27.4 Å². The molecule has 0 saturated carbocycles. The van der Waals surface area contributed by atoms with E-state index >= 15 is 0 Å². The first-order valence-corrected chi connectivity index (χ1v) is 12.2. The van der Waals surface area contributed by atoms with E-state index in [4.69, 9.17) is 4.98 Å². The minimum atomic E-state index is -3.54. The fourth-order valence-electron chi connectivity index (χ4n) is 4.03. The Labute approximate surface area is 175 Å². The molecule has 0 aromatic carbocycles. The minimum absolute atomic E-state index is 0.0811. The molecule has 10 heteroatoms. The van der Waals surface area contributed by atoms with Crippen molar-refractivity contribution < 1.29 is 8.42 Å². The van der Waals surface area contributed by atoms with Crippen molar-refractivity contribution >= 4 is 21.5 Å². The van der Waals surface area contributed by atoms with Gasteiger partial charge in [0.1, 0.15) is 5.82 Å². The predicted octanol–water partition coefficient (Wildman–Crippen LogP) is 1.38. The van der Waals surface area contributed by atoms with Crippen LogP contribution in [0.3, 0.4) is 0 Å². The smallest absolute Gasteiger partial charge is 0.281 e. The summed E-state index contributed by atoms with van der Waals surface area (Å²) in [5, 5.41) is 2.11. The van der Waals surface area contributed by atoms with Crippen molar-refractivity contribution in [1.29, 1.82) is 0 Å². The molecular formula is C19H27N5O3S2. The Morgan fingerprint density at radius 2 is 2.03 bits per heavy atom. The highest BCUT2D eigenvalue weighted by molar-refractivity contribution is 7.86. The number of piperidine rings is 1. The largest absolute Gasteiger partial charge is 0.310 e. The SMILES string of the molecule is CN(C)S(=O)(=O)N1CCc2nc(C3CCN(Cc4cccs4)CC3)[nH]c(=O)c2C1. The number of rotatable bonds is 5. The van der Waals surface area contributed by atoms with Gasteiger partial charge in [0.25, 0.3) is 15.8 Å². The van der Waals surface area contributed by atoms with E-state index in [-0.39, 0.29) is 18.0 Å². The maximum absolute atomic E-state index is 12.7. The Morgan fingerprint density at radius 3 is 2.69 bits per heavy atom. The van der Waals surface area contributed by atoms with Crippen LogP contribution in [0.15, 0.2) is 22.3 Å². The van der Waals surface area contributed by atoms with Crippen LogP contribution >= 0.6 is 11.3 Å². The molecule has 0 bridgehead atoms. The molecule has 0 unspecified atom stereocenters. The van der Waals surface area contributed by atoms with Crippen LogP contribution in [0.25, 0.3) is 0 Å². The Morgan fingerprint density at radius 1 is 1.28 bits per heavy atom. The zero-order valence-corrected chi connectivity index (χ0v) is 18.4. The molecule has 2 aliphatic heterocycles. The first-order chi connectivity index (χ1) is 13.8. The van der Waals surface area contributed by atoms with Crippen molar-refractivity contribution in [1.82, 2.24) is 23.5 Å². The normalized spacial score (nSPS) is 19.6. The standard InChI is InChI=1S/C19H27N5O3S2/c1-22(2)29(26,27)24-10-7-17-16(13-24)19(25)21-18(20-17)14-5-8-23(9-6-14)12-15-4-3-11-28-15/h3-4,11,14H,5-10,12-13H2,1-2H3,(H,20,21,25). The minimum Gasteiger partial charge on any atom is -0.310 e. The number of nitrogens with one attached hydrogen (secondary N) is 1. The molecule has 0 aliphatic carbocycles. The monoisotopic (exact) mass is 437 g/mol. The van der Waals surface area contributed by atoms with Crippen molar-refractivity contribution in [2.75, 3.05) is 33.7 Å². The lowest BCUT2D eigenvalue weighted by atomic mass is 9.95. The number of hydrogen-bond acceptors (Lipinski definition) is 6. The molecule has 1 N–H and O–H groups in total. The van der Waals surface area contributed by atoms with Gasteiger partial charge in [-0.25, -0.2) is 4.98 Å². The summed E-state index contributed by atoms with van der Waals surface area (Å²) >= 11 is 1.78.